The molecule has 40 heavy (non-hydrogen) atoms. The molecule has 2 aliphatic rings. The number of halogens is 1. The highest BCUT2D eigenvalue weighted by Crippen LogP contribution is 2.22. The zero-order valence-electron chi connectivity index (χ0n) is 22.1. The van der Waals surface area contributed by atoms with E-state index in [0.29, 0.717) is 25.9 Å². The number of carbonyl (C=O) groups is 4. The van der Waals surface area contributed by atoms with Gasteiger partial charge in [0.25, 0.3) is 5.91 Å². The second-order valence-corrected chi connectivity index (χ2v) is 10.4. The number of aromatic nitrogens is 1. The lowest BCUT2D eigenvalue weighted by Gasteiger charge is -2.42. The first-order valence-corrected chi connectivity index (χ1v) is 13.5. The second kappa shape index (κ2) is 11.9. The standard InChI is InChI=1S/C29H33FN6O4/c30-21-5-3-4-19(14-21)28(39)35-12-13-36(29(40)18-8-10-32-11-9-18)25(17-35)27(38)34-24(26(31)37)15-20-16-33-23-7-2-1-6-22(20)23/h1-7,14,16,18,24-25,32-33H,8-13,15,17H2,(H2,31,37)(H,34,38)/t24-,25-/m1/s1. The predicted octanol–water partition coefficient (Wildman–Crippen LogP) is 1.17. The van der Waals surface area contributed by atoms with E-state index >= 15 is 0 Å². The summed E-state index contributed by atoms with van der Waals surface area (Å²) in [6, 6.07) is 10.9. The summed E-state index contributed by atoms with van der Waals surface area (Å²) in [4.78, 5) is 59.0. The summed E-state index contributed by atoms with van der Waals surface area (Å²) in [5.74, 6) is -2.63. The highest BCUT2D eigenvalue weighted by molar-refractivity contribution is 5.97. The molecule has 2 aliphatic heterocycles. The van der Waals surface area contributed by atoms with Crippen LogP contribution < -0.4 is 16.4 Å². The molecule has 210 valence electrons. The number of primary amides is 1. The topological polar surface area (TPSA) is 141 Å². The van der Waals surface area contributed by atoms with Crippen molar-refractivity contribution in [2.75, 3.05) is 32.7 Å². The van der Waals surface area contributed by atoms with E-state index in [2.05, 4.69) is 15.6 Å². The number of piperazine rings is 1. The summed E-state index contributed by atoms with van der Waals surface area (Å²) in [7, 11) is 0. The molecule has 10 nitrogen and oxygen atoms in total. The molecule has 1 aromatic heterocycles. The number of amides is 4. The van der Waals surface area contributed by atoms with Gasteiger partial charge in [0.05, 0.1) is 6.54 Å². The maximum absolute atomic E-state index is 13.8. The second-order valence-electron chi connectivity index (χ2n) is 10.4. The van der Waals surface area contributed by atoms with Gasteiger partial charge in [0.15, 0.2) is 0 Å². The molecule has 4 amide bonds. The van der Waals surface area contributed by atoms with Crippen LogP contribution in [0, 0.1) is 11.7 Å². The lowest BCUT2D eigenvalue weighted by Crippen LogP contribution is -2.64. The Bertz CT molecular complexity index is 1420. The third kappa shape index (κ3) is 5.84. The number of nitrogens with one attached hydrogen (secondary N) is 3. The quantitative estimate of drug-likeness (QED) is 0.351. The zero-order valence-corrected chi connectivity index (χ0v) is 22.1. The van der Waals surface area contributed by atoms with Crippen LogP contribution in [0.2, 0.25) is 0 Å². The van der Waals surface area contributed by atoms with Crippen LogP contribution in [0.15, 0.2) is 54.7 Å². The van der Waals surface area contributed by atoms with Crippen molar-refractivity contribution in [2.45, 2.75) is 31.3 Å². The van der Waals surface area contributed by atoms with Crippen LogP contribution in [0.4, 0.5) is 4.39 Å². The van der Waals surface area contributed by atoms with Crippen LogP contribution in [0.5, 0.6) is 0 Å². The Morgan fingerprint density at radius 1 is 1.05 bits per heavy atom. The van der Waals surface area contributed by atoms with Crippen LogP contribution >= 0.6 is 0 Å². The van der Waals surface area contributed by atoms with Crippen LogP contribution in [0.3, 0.4) is 0 Å². The number of rotatable bonds is 7. The molecule has 0 radical (unpaired) electrons. The van der Waals surface area contributed by atoms with E-state index < -0.39 is 35.6 Å². The molecule has 2 fully saturated rings. The van der Waals surface area contributed by atoms with Gasteiger partial charge in [0.1, 0.15) is 17.9 Å². The molecule has 3 aromatic rings. The molecule has 0 bridgehead atoms. The van der Waals surface area contributed by atoms with Crippen molar-refractivity contribution in [1.29, 1.82) is 0 Å². The fourth-order valence-electron chi connectivity index (χ4n) is 5.57. The van der Waals surface area contributed by atoms with E-state index in [9.17, 15) is 23.6 Å². The molecule has 0 spiro atoms. The fraction of sp³-hybridized carbons (Fsp3) is 0.379. The van der Waals surface area contributed by atoms with Gasteiger partial charge in [-0.2, -0.15) is 0 Å². The number of aromatic amines is 1. The average Bonchev–Trinajstić information content (AvgIpc) is 3.38. The molecule has 5 N–H and O–H groups in total. The summed E-state index contributed by atoms with van der Waals surface area (Å²) >= 11 is 0. The summed E-state index contributed by atoms with van der Waals surface area (Å²) < 4.78 is 13.8. The first kappa shape index (κ1) is 27.3. The van der Waals surface area contributed by atoms with Crippen LogP contribution in [0.25, 0.3) is 10.9 Å². The van der Waals surface area contributed by atoms with Crippen LogP contribution in [0.1, 0.15) is 28.8 Å². The van der Waals surface area contributed by atoms with Gasteiger partial charge in [-0.25, -0.2) is 4.39 Å². The molecule has 0 saturated carbocycles. The van der Waals surface area contributed by atoms with Crippen molar-refractivity contribution in [3.05, 3.63) is 71.7 Å². The van der Waals surface area contributed by atoms with Gasteiger partial charge in [-0.1, -0.05) is 24.3 Å². The highest BCUT2D eigenvalue weighted by Gasteiger charge is 2.40. The average molecular weight is 549 g/mol. The van der Waals surface area contributed by atoms with Gasteiger partial charge in [-0.15, -0.1) is 0 Å². The Morgan fingerprint density at radius 2 is 1.82 bits per heavy atom. The van der Waals surface area contributed by atoms with E-state index in [-0.39, 0.29) is 43.4 Å². The van der Waals surface area contributed by atoms with Gasteiger partial charge in [0.2, 0.25) is 17.7 Å². The van der Waals surface area contributed by atoms with E-state index in [1.165, 1.54) is 28.0 Å². The fourth-order valence-corrected chi connectivity index (χ4v) is 5.57. The summed E-state index contributed by atoms with van der Waals surface area (Å²) in [5, 5.41) is 6.90. The van der Waals surface area contributed by atoms with Crippen LogP contribution in [-0.2, 0) is 20.8 Å². The number of para-hydroxylation sites is 1. The van der Waals surface area contributed by atoms with E-state index in [1.807, 2.05) is 24.3 Å². The van der Waals surface area contributed by atoms with Gasteiger partial charge in [-0.3, -0.25) is 19.2 Å². The molecule has 3 heterocycles. The van der Waals surface area contributed by atoms with Crippen molar-refractivity contribution in [2.24, 2.45) is 11.7 Å². The largest absolute Gasteiger partial charge is 0.368 e. The number of hydrogen-bond acceptors (Lipinski definition) is 5. The van der Waals surface area contributed by atoms with E-state index in [1.54, 1.807) is 6.20 Å². The van der Waals surface area contributed by atoms with Crippen molar-refractivity contribution < 1.29 is 23.6 Å². The Labute approximate surface area is 231 Å². The number of benzene rings is 2. The molecule has 2 atom stereocenters. The first-order chi connectivity index (χ1) is 19.3. The molecule has 11 heteroatoms. The van der Waals surface area contributed by atoms with Gasteiger partial charge in [-0.05, 0) is 55.8 Å². The van der Waals surface area contributed by atoms with E-state index in [4.69, 9.17) is 5.73 Å². The lowest BCUT2D eigenvalue weighted by atomic mass is 9.95. The Balaban J connectivity index is 1.37. The molecule has 2 saturated heterocycles. The van der Waals surface area contributed by atoms with Crippen molar-refractivity contribution in [3.63, 3.8) is 0 Å². The lowest BCUT2D eigenvalue weighted by molar-refractivity contribution is -0.147. The molecular weight excluding hydrogens is 515 g/mol. The van der Waals surface area contributed by atoms with Crippen molar-refractivity contribution in [3.8, 4) is 0 Å². The maximum Gasteiger partial charge on any atom is 0.254 e. The van der Waals surface area contributed by atoms with Crippen molar-refractivity contribution in [1.82, 2.24) is 25.4 Å². The number of H-pyrrole nitrogens is 1. The highest BCUT2D eigenvalue weighted by atomic mass is 19.1. The predicted molar refractivity (Wildman–Crippen MR) is 147 cm³/mol. The van der Waals surface area contributed by atoms with Gasteiger partial charge < -0.3 is 31.2 Å². The number of carbonyl (C=O) groups excluding carboxylic acids is 4. The van der Waals surface area contributed by atoms with Gasteiger partial charge in [0, 0.05) is 48.1 Å². The number of hydrogen-bond donors (Lipinski definition) is 4. The molecular formula is C29H33FN6O4. The van der Waals surface area contributed by atoms with Gasteiger partial charge >= 0.3 is 0 Å². The molecule has 0 unspecified atom stereocenters. The third-order valence-electron chi connectivity index (χ3n) is 7.77. The summed E-state index contributed by atoms with van der Waals surface area (Å²) in [6.07, 6.45) is 3.24. The molecule has 5 rings (SSSR count). The molecule has 0 aliphatic carbocycles. The maximum atomic E-state index is 13.8. The summed E-state index contributed by atoms with van der Waals surface area (Å²) in [5.41, 5.74) is 7.57. The third-order valence-corrected chi connectivity index (χ3v) is 7.77. The number of nitrogens with two attached hydrogens (primary N) is 1. The van der Waals surface area contributed by atoms with E-state index in [0.717, 1.165) is 22.5 Å². The van der Waals surface area contributed by atoms with Crippen LogP contribution in [-0.4, -0.2) is 83.2 Å². The number of nitrogens with zero attached hydrogens (tertiary/aromatic N) is 2. The first-order valence-electron chi connectivity index (χ1n) is 13.5. The zero-order chi connectivity index (χ0) is 28.2. The minimum absolute atomic E-state index is 0.0868. The minimum Gasteiger partial charge on any atom is -0.368 e. The minimum atomic E-state index is -1.03. The summed E-state index contributed by atoms with van der Waals surface area (Å²) in [6.45, 7) is 1.67. The Hall–Kier alpha value is -4.25. The normalized spacial score (nSPS) is 18.9. The van der Waals surface area contributed by atoms with Crippen molar-refractivity contribution >= 4 is 34.5 Å². The SMILES string of the molecule is NC(=O)[C@@H](Cc1c[nH]c2ccccc12)NC(=O)[C@H]1CN(C(=O)c2cccc(F)c2)CCN1C(=O)C1CCNCC1. The number of piperidine rings is 1. The Morgan fingerprint density at radius 3 is 2.58 bits per heavy atom. The monoisotopic (exact) mass is 548 g/mol. The molecule has 2 aromatic carbocycles. The Kier molecular flexibility index (Phi) is 8.11. The number of fused-ring (bicyclic) bond motifs is 1. The smallest absolute Gasteiger partial charge is 0.254 e.